The van der Waals surface area contributed by atoms with Gasteiger partial charge in [0.25, 0.3) is 0 Å². The van der Waals surface area contributed by atoms with Crippen LogP contribution >= 0.6 is 0 Å². The Bertz CT molecular complexity index is 218. The molecule has 0 aliphatic heterocycles. The van der Waals surface area contributed by atoms with Crippen LogP contribution in [-0.4, -0.2) is 6.08 Å². The lowest BCUT2D eigenvalue weighted by Crippen LogP contribution is -1.72. The van der Waals surface area contributed by atoms with Crippen LogP contribution in [0, 0.1) is 17.0 Å². The molecular weight excluding hydrogens is 152 g/mol. The van der Waals surface area contributed by atoms with Crippen molar-refractivity contribution in [1.29, 1.82) is 5.41 Å². The highest BCUT2D eigenvalue weighted by molar-refractivity contribution is 5.26. The van der Waals surface area contributed by atoms with Crippen LogP contribution in [0.25, 0.3) is 0 Å². The molecule has 0 amide bonds. The van der Waals surface area contributed by atoms with Gasteiger partial charge in [0.15, 0.2) is 0 Å². The quantitative estimate of drug-likeness (QED) is 0.453. The van der Waals surface area contributed by atoms with Gasteiger partial charge in [0.05, 0.1) is 0 Å². The van der Waals surface area contributed by atoms with Crippen LogP contribution in [0.2, 0.25) is 0 Å². The highest BCUT2D eigenvalue weighted by Gasteiger charge is 1.86. The minimum atomic E-state index is -0.411. The molecule has 1 aromatic carbocycles. The van der Waals surface area contributed by atoms with Crippen LogP contribution < -0.4 is 0 Å². The second-order valence-electron chi connectivity index (χ2n) is 1.54. The van der Waals surface area contributed by atoms with E-state index in [0.717, 1.165) is 30.3 Å². The van der Waals surface area contributed by atoms with Crippen LogP contribution in [0.4, 0.5) is 8.78 Å². The number of hydrogen-bond donors (Lipinski definition) is 1. The third-order valence-corrected chi connectivity index (χ3v) is 0.804. The second kappa shape index (κ2) is 5.26. The molecule has 11 heavy (non-hydrogen) atoms. The van der Waals surface area contributed by atoms with E-state index in [4.69, 9.17) is 10.2 Å². The van der Waals surface area contributed by atoms with E-state index in [1.165, 1.54) is 0 Å². The molecular formula is C7H5F2NO. The summed E-state index contributed by atoms with van der Waals surface area (Å²) in [7, 11) is 0. The second-order valence-corrected chi connectivity index (χ2v) is 1.54. The van der Waals surface area contributed by atoms with Crippen LogP contribution in [-0.2, 0) is 4.79 Å². The fourth-order valence-electron chi connectivity index (χ4n) is 0.430. The number of nitrogens with one attached hydrogen (secondary N) is 1. The molecule has 0 radical (unpaired) electrons. The van der Waals surface area contributed by atoms with Crippen LogP contribution in [0.1, 0.15) is 0 Å². The zero-order chi connectivity index (χ0) is 8.69. The van der Waals surface area contributed by atoms with Gasteiger partial charge < -0.3 is 0 Å². The van der Waals surface area contributed by atoms with Crippen molar-refractivity contribution in [3.05, 3.63) is 35.9 Å². The van der Waals surface area contributed by atoms with Crippen molar-refractivity contribution in [3.8, 4) is 0 Å². The number of hydrogen-bond acceptors (Lipinski definition) is 2. The van der Waals surface area contributed by atoms with Crippen molar-refractivity contribution in [1.82, 2.24) is 0 Å². The standard InChI is InChI=1S/C6H4F2.CHNO/c7-5-1-2-6(8)4-3-5;2-1-3/h1-4H;2H. The Labute approximate surface area is 62.0 Å². The van der Waals surface area contributed by atoms with E-state index in [0.29, 0.717) is 0 Å². The van der Waals surface area contributed by atoms with Crippen molar-refractivity contribution in [2.24, 2.45) is 0 Å². The summed E-state index contributed by atoms with van der Waals surface area (Å²) in [6.45, 7) is 0. The predicted molar refractivity (Wildman–Crippen MR) is 34.8 cm³/mol. The maximum Gasteiger partial charge on any atom is 0.231 e. The fraction of sp³-hybridized carbons (Fsp3) is 0. The van der Waals surface area contributed by atoms with E-state index in [9.17, 15) is 8.78 Å². The van der Waals surface area contributed by atoms with Crippen molar-refractivity contribution in [2.75, 3.05) is 0 Å². The Balaban J connectivity index is 0.000000292. The van der Waals surface area contributed by atoms with Gasteiger partial charge in [0.2, 0.25) is 6.08 Å². The molecule has 58 valence electrons. The van der Waals surface area contributed by atoms with E-state index in [1.807, 2.05) is 0 Å². The van der Waals surface area contributed by atoms with Gasteiger partial charge in [-0.2, -0.15) is 0 Å². The van der Waals surface area contributed by atoms with E-state index in [2.05, 4.69) is 0 Å². The summed E-state index contributed by atoms with van der Waals surface area (Å²) < 4.78 is 23.8. The highest BCUT2D eigenvalue weighted by atomic mass is 19.1. The Morgan fingerprint density at radius 3 is 1.45 bits per heavy atom. The van der Waals surface area contributed by atoms with E-state index >= 15 is 0 Å². The number of halogens is 2. The minimum Gasteiger partial charge on any atom is -0.222 e. The van der Waals surface area contributed by atoms with Crippen molar-refractivity contribution >= 4 is 6.08 Å². The maximum atomic E-state index is 11.9. The average molecular weight is 157 g/mol. The Morgan fingerprint density at radius 2 is 1.27 bits per heavy atom. The molecule has 0 aliphatic rings. The monoisotopic (exact) mass is 157 g/mol. The molecule has 2 nitrogen and oxygen atoms in total. The van der Waals surface area contributed by atoms with Crippen molar-refractivity contribution in [2.45, 2.75) is 0 Å². The van der Waals surface area contributed by atoms with Gasteiger partial charge in [0, 0.05) is 0 Å². The summed E-state index contributed by atoms with van der Waals surface area (Å²) in [5, 5.41) is 5.40. The SMILES string of the molecule is Fc1ccc(F)cc1.N=C=O. The molecule has 1 aromatic rings. The lowest BCUT2D eigenvalue weighted by molar-refractivity contribution is 0.563. The molecule has 0 saturated carbocycles. The predicted octanol–water partition coefficient (Wildman–Crippen LogP) is 1.87. The molecule has 0 aromatic heterocycles. The van der Waals surface area contributed by atoms with E-state index in [-0.39, 0.29) is 0 Å². The summed E-state index contributed by atoms with van der Waals surface area (Å²) in [5.74, 6) is -0.821. The number of carbonyl (C=O) groups excluding carboxylic acids is 1. The first kappa shape index (κ1) is 9.46. The number of benzene rings is 1. The average Bonchev–Trinajstić information content (AvgIpc) is 1.97. The molecule has 0 saturated heterocycles. The molecule has 0 spiro atoms. The topological polar surface area (TPSA) is 40.9 Å². The van der Waals surface area contributed by atoms with Gasteiger partial charge in [-0.1, -0.05) is 0 Å². The van der Waals surface area contributed by atoms with Gasteiger partial charge in [-0.15, -0.1) is 0 Å². The third-order valence-electron chi connectivity index (χ3n) is 0.804. The molecule has 0 atom stereocenters. The molecule has 0 unspecified atom stereocenters. The summed E-state index contributed by atoms with van der Waals surface area (Å²) in [5.41, 5.74) is 0. The molecule has 1 N–H and O–H groups in total. The zero-order valence-electron chi connectivity index (χ0n) is 5.47. The smallest absolute Gasteiger partial charge is 0.222 e. The first-order valence-corrected chi connectivity index (χ1v) is 2.65. The molecule has 0 heterocycles. The molecule has 0 bridgehead atoms. The largest absolute Gasteiger partial charge is 0.231 e. The number of rotatable bonds is 0. The van der Waals surface area contributed by atoms with Gasteiger partial charge in [-0.25, -0.2) is 19.0 Å². The Kier molecular flexibility index (Phi) is 4.52. The van der Waals surface area contributed by atoms with Crippen molar-refractivity contribution in [3.63, 3.8) is 0 Å². The molecule has 1 rings (SSSR count). The summed E-state index contributed by atoms with van der Waals surface area (Å²) in [6, 6.07) is 4.31. The Hall–Kier alpha value is -1.54. The molecule has 0 aliphatic carbocycles. The van der Waals surface area contributed by atoms with Crippen LogP contribution in [0.3, 0.4) is 0 Å². The van der Waals surface area contributed by atoms with Gasteiger partial charge in [-0.05, 0) is 24.3 Å². The van der Waals surface area contributed by atoms with Crippen LogP contribution in [0.5, 0.6) is 0 Å². The summed E-state index contributed by atoms with van der Waals surface area (Å²) >= 11 is 0. The van der Waals surface area contributed by atoms with Crippen molar-refractivity contribution < 1.29 is 13.6 Å². The normalized spacial score (nSPS) is 7.45. The molecule has 0 fully saturated rings. The van der Waals surface area contributed by atoms with Crippen LogP contribution in [0.15, 0.2) is 24.3 Å². The van der Waals surface area contributed by atoms with Gasteiger partial charge in [-0.3, -0.25) is 0 Å². The zero-order valence-corrected chi connectivity index (χ0v) is 5.47. The van der Waals surface area contributed by atoms with Gasteiger partial charge in [0.1, 0.15) is 11.6 Å². The summed E-state index contributed by atoms with van der Waals surface area (Å²) in [4.78, 5) is 8.35. The number of isocyanates is 1. The van der Waals surface area contributed by atoms with Gasteiger partial charge >= 0.3 is 0 Å². The highest BCUT2D eigenvalue weighted by Crippen LogP contribution is 1.98. The lowest BCUT2D eigenvalue weighted by Gasteiger charge is -1.83. The summed E-state index contributed by atoms with van der Waals surface area (Å²) in [6.07, 6.45) is 0.750. The first-order valence-electron chi connectivity index (χ1n) is 2.65. The Morgan fingerprint density at radius 1 is 1.09 bits per heavy atom. The minimum absolute atomic E-state index is 0.411. The van der Waals surface area contributed by atoms with E-state index < -0.39 is 11.6 Å². The molecule has 4 heteroatoms. The lowest BCUT2D eigenvalue weighted by atomic mass is 10.3. The third kappa shape index (κ3) is 4.93. The maximum absolute atomic E-state index is 11.9. The first-order chi connectivity index (χ1) is 5.20. The fourth-order valence-corrected chi connectivity index (χ4v) is 0.430. The van der Waals surface area contributed by atoms with E-state index in [1.54, 1.807) is 0 Å².